The molecule has 104 valence electrons. The first kappa shape index (κ1) is 13.8. The van der Waals surface area contributed by atoms with Crippen molar-refractivity contribution in [2.24, 2.45) is 23.5 Å². The monoisotopic (exact) mass is 254 g/mol. The molecule has 0 bridgehead atoms. The average Bonchev–Trinajstić information content (AvgIpc) is 2.37. The van der Waals surface area contributed by atoms with Crippen LogP contribution in [0, 0.1) is 17.8 Å². The fourth-order valence-corrected chi connectivity index (χ4v) is 3.24. The number of nitrogens with one attached hydrogen (secondary N) is 1. The van der Waals surface area contributed by atoms with Gasteiger partial charge in [0.1, 0.15) is 0 Å². The maximum Gasteiger partial charge on any atom is 0.224 e. The van der Waals surface area contributed by atoms with Crippen LogP contribution in [0.4, 0.5) is 0 Å². The standard InChI is InChI=1S/C14H26N2O2/c1-10-4-2-6-12(15)13(10)14(17)16-8-11-5-3-7-18-9-11/h10-13H,2-9,15H2,1H3,(H,16,17). The summed E-state index contributed by atoms with van der Waals surface area (Å²) in [5.41, 5.74) is 6.09. The van der Waals surface area contributed by atoms with Gasteiger partial charge in [-0.15, -0.1) is 0 Å². The van der Waals surface area contributed by atoms with Crippen LogP contribution in [-0.4, -0.2) is 31.7 Å². The van der Waals surface area contributed by atoms with Crippen LogP contribution in [0.25, 0.3) is 0 Å². The fraction of sp³-hybridized carbons (Fsp3) is 0.929. The van der Waals surface area contributed by atoms with Crippen molar-refractivity contribution in [2.75, 3.05) is 19.8 Å². The van der Waals surface area contributed by atoms with Crippen LogP contribution in [0.15, 0.2) is 0 Å². The summed E-state index contributed by atoms with van der Waals surface area (Å²) in [6.45, 7) is 4.54. The predicted molar refractivity (Wildman–Crippen MR) is 71.0 cm³/mol. The molecule has 1 amide bonds. The maximum atomic E-state index is 12.2. The van der Waals surface area contributed by atoms with Crippen LogP contribution < -0.4 is 11.1 Å². The molecule has 0 aromatic carbocycles. The normalized spacial score (nSPS) is 37.2. The van der Waals surface area contributed by atoms with E-state index in [1.807, 2.05) is 0 Å². The molecule has 4 unspecified atom stereocenters. The minimum Gasteiger partial charge on any atom is -0.381 e. The van der Waals surface area contributed by atoms with E-state index in [0.717, 1.165) is 51.9 Å². The summed E-state index contributed by atoms with van der Waals surface area (Å²) in [5.74, 6) is 1.05. The Morgan fingerprint density at radius 2 is 2.17 bits per heavy atom. The van der Waals surface area contributed by atoms with E-state index < -0.39 is 0 Å². The van der Waals surface area contributed by atoms with Crippen LogP contribution in [0.5, 0.6) is 0 Å². The molecule has 4 nitrogen and oxygen atoms in total. The number of rotatable bonds is 3. The van der Waals surface area contributed by atoms with Gasteiger partial charge in [-0.3, -0.25) is 4.79 Å². The minimum absolute atomic E-state index is 0.00302. The summed E-state index contributed by atoms with van der Waals surface area (Å²) in [6.07, 6.45) is 5.53. The van der Waals surface area contributed by atoms with E-state index in [1.54, 1.807) is 0 Å². The zero-order valence-corrected chi connectivity index (χ0v) is 11.4. The third kappa shape index (κ3) is 3.45. The zero-order chi connectivity index (χ0) is 13.0. The first-order valence-electron chi connectivity index (χ1n) is 7.29. The fourth-order valence-electron chi connectivity index (χ4n) is 3.24. The molecular weight excluding hydrogens is 228 g/mol. The lowest BCUT2D eigenvalue weighted by molar-refractivity contribution is -0.128. The summed E-state index contributed by atoms with van der Waals surface area (Å²) in [6, 6.07) is 0.0383. The van der Waals surface area contributed by atoms with Crippen molar-refractivity contribution < 1.29 is 9.53 Å². The SMILES string of the molecule is CC1CCCC(N)C1C(=O)NCC1CCCOC1. The lowest BCUT2D eigenvalue weighted by atomic mass is 9.76. The first-order chi connectivity index (χ1) is 8.68. The van der Waals surface area contributed by atoms with E-state index in [9.17, 15) is 4.79 Å². The highest BCUT2D eigenvalue weighted by Gasteiger charge is 2.34. The maximum absolute atomic E-state index is 12.2. The number of carbonyl (C=O) groups excluding carboxylic acids is 1. The molecule has 2 aliphatic rings. The molecule has 18 heavy (non-hydrogen) atoms. The molecule has 1 saturated heterocycles. The van der Waals surface area contributed by atoms with Crippen LogP contribution in [0.1, 0.15) is 39.0 Å². The molecule has 0 aromatic rings. The molecule has 4 heteroatoms. The van der Waals surface area contributed by atoms with Crippen molar-refractivity contribution in [2.45, 2.75) is 45.1 Å². The largest absolute Gasteiger partial charge is 0.381 e. The van der Waals surface area contributed by atoms with E-state index in [2.05, 4.69) is 12.2 Å². The van der Waals surface area contributed by atoms with Crippen molar-refractivity contribution in [1.29, 1.82) is 0 Å². The Hall–Kier alpha value is -0.610. The Bertz CT molecular complexity index is 267. The van der Waals surface area contributed by atoms with Crippen molar-refractivity contribution in [3.8, 4) is 0 Å². The summed E-state index contributed by atoms with van der Waals surface area (Å²) < 4.78 is 5.43. The number of ether oxygens (including phenoxy) is 1. The Morgan fingerprint density at radius 3 is 2.83 bits per heavy atom. The van der Waals surface area contributed by atoms with E-state index in [1.165, 1.54) is 0 Å². The highest BCUT2D eigenvalue weighted by Crippen LogP contribution is 2.29. The summed E-state index contributed by atoms with van der Waals surface area (Å²) in [7, 11) is 0. The number of nitrogens with two attached hydrogens (primary N) is 1. The molecule has 0 radical (unpaired) electrons. The van der Waals surface area contributed by atoms with Crippen molar-refractivity contribution in [3.63, 3.8) is 0 Å². The van der Waals surface area contributed by atoms with Gasteiger partial charge in [-0.05, 0) is 37.5 Å². The van der Waals surface area contributed by atoms with Crippen LogP contribution >= 0.6 is 0 Å². The van der Waals surface area contributed by atoms with Gasteiger partial charge in [0.15, 0.2) is 0 Å². The van der Waals surface area contributed by atoms with E-state index in [-0.39, 0.29) is 17.9 Å². The van der Waals surface area contributed by atoms with Crippen LogP contribution in [-0.2, 0) is 9.53 Å². The van der Waals surface area contributed by atoms with E-state index in [4.69, 9.17) is 10.5 Å². The topological polar surface area (TPSA) is 64.4 Å². The molecule has 0 aromatic heterocycles. The minimum atomic E-state index is 0.00302. The molecule has 2 rings (SSSR count). The molecule has 1 saturated carbocycles. The van der Waals surface area contributed by atoms with Gasteiger partial charge < -0.3 is 15.8 Å². The lowest BCUT2D eigenvalue weighted by Gasteiger charge is -2.33. The third-order valence-electron chi connectivity index (χ3n) is 4.39. The Kier molecular flexibility index (Phi) is 5.01. The molecule has 1 heterocycles. The van der Waals surface area contributed by atoms with Crippen molar-refractivity contribution >= 4 is 5.91 Å². The van der Waals surface area contributed by atoms with Crippen LogP contribution in [0.2, 0.25) is 0 Å². The second-order valence-corrected chi connectivity index (χ2v) is 5.93. The smallest absolute Gasteiger partial charge is 0.224 e. The summed E-state index contributed by atoms with van der Waals surface area (Å²) in [5, 5.41) is 3.08. The molecule has 1 aliphatic carbocycles. The van der Waals surface area contributed by atoms with Gasteiger partial charge in [0.05, 0.1) is 12.5 Å². The van der Waals surface area contributed by atoms with Gasteiger partial charge in [-0.1, -0.05) is 13.3 Å². The Balaban J connectivity index is 1.79. The van der Waals surface area contributed by atoms with Gasteiger partial charge in [0.2, 0.25) is 5.91 Å². The number of hydrogen-bond donors (Lipinski definition) is 2. The number of carbonyl (C=O) groups is 1. The number of amides is 1. The second kappa shape index (κ2) is 6.53. The van der Waals surface area contributed by atoms with Gasteiger partial charge >= 0.3 is 0 Å². The molecule has 2 fully saturated rings. The molecule has 0 spiro atoms. The third-order valence-corrected chi connectivity index (χ3v) is 4.39. The van der Waals surface area contributed by atoms with Gasteiger partial charge in [-0.2, -0.15) is 0 Å². The Labute approximate surface area is 110 Å². The van der Waals surface area contributed by atoms with Crippen molar-refractivity contribution in [3.05, 3.63) is 0 Å². The van der Waals surface area contributed by atoms with Crippen molar-refractivity contribution in [1.82, 2.24) is 5.32 Å². The zero-order valence-electron chi connectivity index (χ0n) is 11.4. The summed E-state index contributed by atoms with van der Waals surface area (Å²) in [4.78, 5) is 12.2. The molecule has 3 N–H and O–H groups in total. The van der Waals surface area contributed by atoms with Gasteiger partial charge in [0.25, 0.3) is 0 Å². The lowest BCUT2D eigenvalue weighted by Crippen LogP contribution is -2.48. The predicted octanol–water partition coefficient (Wildman–Crippen LogP) is 1.29. The highest BCUT2D eigenvalue weighted by atomic mass is 16.5. The summed E-state index contributed by atoms with van der Waals surface area (Å²) >= 11 is 0. The van der Waals surface area contributed by atoms with E-state index in [0.29, 0.717) is 11.8 Å². The molecule has 4 atom stereocenters. The van der Waals surface area contributed by atoms with Crippen LogP contribution in [0.3, 0.4) is 0 Å². The quantitative estimate of drug-likeness (QED) is 0.797. The Morgan fingerprint density at radius 1 is 1.33 bits per heavy atom. The van der Waals surface area contributed by atoms with Gasteiger partial charge in [-0.25, -0.2) is 0 Å². The average molecular weight is 254 g/mol. The van der Waals surface area contributed by atoms with Gasteiger partial charge in [0, 0.05) is 19.2 Å². The molecular formula is C14H26N2O2. The second-order valence-electron chi connectivity index (χ2n) is 5.93. The number of hydrogen-bond acceptors (Lipinski definition) is 3. The first-order valence-corrected chi connectivity index (χ1v) is 7.29. The molecule has 1 aliphatic heterocycles. The van der Waals surface area contributed by atoms with E-state index >= 15 is 0 Å². The highest BCUT2D eigenvalue weighted by molar-refractivity contribution is 5.79.